The highest BCUT2D eigenvalue weighted by molar-refractivity contribution is 6.00. The number of carbonyl (C=O) groups is 3. The number of fused-ring (bicyclic) bond motifs is 1. The molecule has 0 radical (unpaired) electrons. The number of ether oxygens (including phenoxy) is 3. The summed E-state index contributed by atoms with van der Waals surface area (Å²) in [6, 6.07) is 14.1. The molecule has 1 aliphatic rings. The van der Waals surface area contributed by atoms with E-state index in [1.165, 1.54) is 0 Å². The largest absolute Gasteiger partial charge is 0.492 e. The average molecular weight is 489 g/mol. The predicted molar refractivity (Wildman–Crippen MR) is 132 cm³/mol. The summed E-state index contributed by atoms with van der Waals surface area (Å²) < 4.78 is 17.3. The van der Waals surface area contributed by atoms with Gasteiger partial charge < -0.3 is 19.9 Å². The van der Waals surface area contributed by atoms with Crippen molar-refractivity contribution >= 4 is 17.7 Å². The molecule has 4 rings (SSSR count). The van der Waals surface area contributed by atoms with Crippen LogP contribution in [0.4, 0.5) is 0 Å². The van der Waals surface area contributed by atoms with E-state index in [0.717, 1.165) is 22.4 Å². The molecule has 0 bridgehead atoms. The number of amides is 1. The fourth-order valence-electron chi connectivity index (χ4n) is 4.12. The number of Topliss-reactive ketones (excluding diaryl/α,β-unsaturated/α-hetero) is 1. The Morgan fingerprint density at radius 3 is 2.61 bits per heavy atom. The van der Waals surface area contributed by atoms with Gasteiger partial charge in [0, 0.05) is 41.4 Å². The quantitative estimate of drug-likeness (QED) is 0.450. The zero-order chi connectivity index (χ0) is 25.7. The van der Waals surface area contributed by atoms with Gasteiger partial charge in [-0.2, -0.15) is 0 Å². The number of benzene rings is 2. The van der Waals surface area contributed by atoms with E-state index < -0.39 is 12.0 Å². The highest BCUT2D eigenvalue weighted by Crippen LogP contribution is 2.38. The Bertz CT molecular complexity index is 1290. The average Bonchev–Trinajstić information content (AvgIpc) is 2.88. The first-order valence-electron chi connectivity index (χ1n) is 11.8. The second-order valence-electron chi connectivity index (χ2n) is 8.46. The molecule has 0 spiro atoms. The molecule has 8 heteroatoms. The van der Waals surface area contributed by atoms with Crippen LogP contribution in [-0.2, 0) is 16.0 Å². The Hall–Kier alpha value is -4.20. The fraction of sp³-hybridized carbons (Fsp3) is 0.286. The van der Waals surface area contributed by atoms with Crippen LogP contribution < -0.4 is 15.2 Å². The van der Waals surface area contributed by atoms with Crippen molar-refractivity contribution in [3.05, 3.63) is 88.2 Å². The van der Waals surface area contributed by atoms with Gasteiger partial charge >= 0.3 is 5.97 Å². The molecule has 3 aromatic rings. The molecule has 0 fully saturated rings. The summed E-state index contributed by atoms with van der Waals surface area (Å²) in [6.45, 7) is 4.30. The van der Waals surface area contributed by atoms with Gasteiger partial charge in [-0.1, -0.05) is 12.1 Å². The van der Waals surface area contributed by atoms with E-state index in [9.17, 15) is 14.4 Å². The van der Waals surface area contributed by atoms with Crippen LogP contribution >= 0.6 is 0 Å². The minimum absolute atomic E-state index is 0.0462. The lowest BCUT2D eigenvalue weighted by Gasteiger charge is -2.25. The van der Waals surface area contributed by atoms with E-state index in [1.807, 2.05) is 19.1 Å². The smallest absolute Gasteiger partial charge is 0.306 e. The molecule has 1 atom stereocenters. The third-order valence-electron chi connectivity index (χ3n) is 6.01. The molecule has 1 aromatic heterocycles. The number of esters is 1. The first-order valence-corrected chi connectivity index (χ1v) is 11.8. The van der Waals surface area contributed by atoms with E-state index in [1.54, 1.807) is 49.5 Å². The summed E-state index contributed by atoms with van der Waals surface area (Å²) in [6.07, 6.45) is 2.11. The van der Waals surface area contributed by atoms with Crippen LogP contribution in [-0.4, -0.2) is 35.9 Å². The molecule has 36 heavy (non-hydrogen) atoms. The first-order chi connectivity index (χ1) is 17.4. The molecule has 0 aliphatic carbocycles. The zero-order valence-electron chi connectivity index (χ0n) is 20.3. The summed E-state index contributed by atoms with van der Waals surface area (Å²) >= 11 is 0. The maximum atomic E-state index is 12.3. The van der Waals surface area contributed by atoms with Crippen molar-refractivity contribution in [3.8, 4) is 11.5 Å². The normalized spacial score (nSPS) is 13.3. The number of carbonyl (C=O) groups excluding carboxylic acids is 3. The lowest BCUT2D eigenvalue weighted by molar-refractivity contribution is -0.143. The number of nitrogens with zero attached hydrogens (tertiary/aromatic N) is 1. The Morgan fingerprint density at radius 2 is 1.89 bits per heavy atom. The standard InChI is InChI=1S/C28H28N2O6/c1-3-34-25(32)11-8-21-16-20(12-14-30-21)27(18-4-6-19(7-5-18)28(29)33)36-24-10-9-22-23(31)13-15-35-26(22)17(24)2/h4-7,9-10,12,14,16,27H,3,8,11,13,15H2,1-2H3,(H2,29,33)/t27-/m1/s1. The van der Waals surface area contributed by atoms with Crippen molar-refractivity contribution < 1.29 is 28.6 Å². The molecule has 2 N–H and O–H groups in total. The van der Waals surface area contributed by atoms with E-state index in [0.29, 0.717) is 48.7 Å². The number of rotatable bonds is 9. The van der Waals surface area contributed by atoms with Gasteiger partial charge in [-0.05, 0) is 55.8 Å². The highest BCUT2D eigenvalue weighted by atomic mass is 16.5. The molecular formula is C28H28N2O6. The van der Waals surface area contributed by atoms with Crippen molar-refractivity contribution in [1.82, 2.24) is 4.98 Å². The molecule has 0 saturated carbocycles. The van der Waals surface area contributed by atoms with Gasteiger partial charge in [0.2, 0.25) is 5.91 Å². The van der Waals surface area contributed by atoms with Crippen molar-refractivity contribution in [2.24, 2.45) is 5.73 Å². The maximum absolute atomic E-state index is 12.3. The highest BCUT2D eigenvalue weighted by Gasteiger charge is 2.25. The van der Waals surface area contributed by atoms with E-state index in [-0.39, 0.29) is 18.2 Å². The molecule has 1 amide bonds. The SMILES string of the molecule is CCOC(=O)CCc1cc([C@H](Oc2ccc3c(c2C)OCCC3=O)c2ccc(C(N)=O)cc2)ccn1. The third kappa shape index (κ3) is 5.54. The molecular weight excluding hydrogens is 460 g/mol. The topological polar surface area (TPSA) is 118 Å². The lowest BCUT2D eigenvalue weighted by Crippen LogP contribution is -2.17. The van der Waals surface area contributed by atoms with Crippen LogP contribution in [0.2, 0.25) is 0 Å². The fourth-order valence-corrected chi connectivity index (χ4v) is 4.12. The number of hydrogen-bond donors (Lipinski definition) is 1. The second kappa shape index (κ2) is 11.0. The molecule has 1 aliphatic heterocycles. The van der Waals surface area contributed by atoms with E-state index in [2.05, 4.69) is 4.98 Å². The van der Waals surface area contributed by atoms with E-state index in [4.69, 9.17) is 19.9 Å². The monoisotopic (exact) mass is 488 g/mol. The molecule has 2 heterocycles. The summed E-state index contributed by atoms with van der Waals surface area (Å²) in [7, 11) is 0. The van der Waals surface area contributed by atoms with Crippen molar-refractivity contribution in [3.63, 3.8) is 0 Å². The minimum atomic E-state index is -0.563. The Morgan fingerprint density at radius 1 is 1.11 bits per heavy atom. The second-order valence-corrected chi connectivity index (χ2v) is 8.46. The van der Waals surface area contributed by atoms with Gasteiger partial charge in [-0.15, -0.1) is 0 Å². The maximum Gasteiger partial charge on any atom is 0.306 e. The first kappa shape index (κ1) is 24.9. The van der Waals surface area contributed by atoms with Crippen LogP contribution in [0.3, 0.4) is 0 Å². The minimum Gasteiger partial charge on any atom is -0.492 e. The Labute approximate surface area is 209 Å². The zero-order valence-corrected chi connectivity index (χ0v) is 20.3. The van der Waals surface area contributed by atoms with Crippen LogP contribution in [0, 0.1) is 6.92 Å². The Balaban J connectivity index is 1.69. The van der Waals surface area contributed by atoms with Crippen LogP contribution in [0.15, 0.2) is 54.7 Å². The number of nitrogens with two attached hydrogens (primary N) is 1. The summed E-state index contributed by atoms with van der Waals surface area (Å²) in [4.78, 5) is 40.1. The van der Waals surface area contributed by atoms with Gasteiger partial charge in [0.05, 0.1) is 25.2 Å². The van der Waals surface area contributed by atoms with Gasteiger partial charge in [0.1, 0.15) is 17.6 Å². The van der Waals surface area contributed by atoms with Gasteiger partial charge in [0.25, 0.3) is 0 Å². The van der Waals surface area contributed by atoms with Crippen molar-refractivity contribution in [2.75, 3.05) is 13.2 Å². The van der Waals surface area contributed by atoms with E-state index >= 15 is 0 Å². The van der Waals surface area contributed by atoms with Crippen LogP contribution in [0.25, 0.3) is 0 Å². The third-order valence-corrected chi connectivity index (χ3v) is 6.01. The lowest BCUT2D eigenvalue weighted by atomic mass is 9.98. The van der Waals surface area contributed by atoms with Gasteiger partial charge in [-0.3, -0.25) is 19.4 Å². The Kier molecular flexibility index (Phi) is 7.63. The molecule has 8 nitrogen and oxygen atoms in total. The van der Waals surface area contributed by atoms with Crippen molar-refractivity contribution in [2.45, 2.75) is 39.2 Å². The van der Waals surface area contributed by atoms with Gasteiger partial charge in [0.15, 0.2) is 5.78 Å². The number of aryl methyl sites for hydroxylation is 1. The number of pyridine rings is 1. The summed E-state index contributed by atoms with van der Waals surface area (Å²) in [5, 5.41) is 0. The molecule has 0 saturated heterocycles. The summed E-state index contributed by atoms with van der Waals surface area (Å²) in [5.74, 6) is 0.355. The number of aromatic nitrogens is 1. The van der Waals surface area contributed by atoms with Gasteiger partial charge in [-0.25, -0.2) is 0 Å². The number of hydrogen-bond acceptors (Lipinski definition) is 7. The van der Waals surface area contributed by atoms with Crippen molar-refractivity contribution in [1.29, 1.82) is 0 Å². The molecule has 0 unspecified atom stereocenters. The molecule has 2 aromatic carbocycles. The summed E-state index contributed by atoms with van der Waals surface area (Å²) in [5.41, 5.74) is 9.41. The molecule has 186 valence electrons. The van der Waals surface area contributed by atoms with Crippen LogP contribution in [0.1, 0.15) is 69.0 Å². The number of ketones is 1. The predicted octanol–water partition coefficient (Wildman–Crippen LogP) is 4.12. The number of primary amides is 1. The van der Waals surface area contributed by atoms with Crippen LogP contribution in [0.5, 0.6) is 11.5 Å².